The van der Waals surface area contributed by atoms with Crippen LogP contribution in [0, 0.1) is 5.92 Å². The minimum Gasteiger partial charge on any atom is -0.507 e. The number of rotatable bonds is 2. The number of amides is 1. The molecule has 1 aromatic carbocycles. The fourth-order valence-corrected chi connectivity index (χ4v) is 3.80. The summed E-state index contributed by atoms with van der Waals surface area (Å²) < 4.78 is 0. The molecule has 0 spiro atoms. The number of carbonyl (C=O) groups is 1. The van der Waals surface area contributed by atoms with Gasteiger partial charge in [0.1, 0.15) is 17.1 Å². The van der Waals surface area contributed by atoms with Gasteiger partial charge < -0.3 is 20.2 Å². The van der Waals surface area contributed by atoms with Crippen LogP contribution in [0.2, 0.25) is 0 Å². The number of phenols is 2. The normalized spacial score (nSPS) is 29.0. The van der Waals surface area contributed by atoms with Crippen LogP contribution in [0.3, 0.4) is 0 Å². The second-order valence-corrected chi connectivity index (χ2v) is 6.04. The first-order valence-corrected chi connectivity index (χ1v) is 7.59. The highest BCUT2D eigenvalue weighted by Gasteiger charge is 2.41. The molecule has 2 fully saturated rings. The number of phenolic OH excluding ortho intramolecular Hbond substituents is 2. The van der Waals surface area contributed by atoms with Crippen molar-refractivity contribution in [2.75, 3.05) is 6.54 Å². The largest absolute Gasteiger partial charge is 0.507 e. The number of aromatic hydroxyl groups is 2. The molecule has 1 amide bonds. The quantitative estimate of drug-likeness (QED) is 0.777. The van der Waals surface area contributed by atoms with Crippen LogP contribution in [0.1, 0.15) is 42.5 Å². The summed E-state index contributed by atoms with van der Waals surface area (Å²) >= 11 is 0. The average Bonchev–Trinajstić information content (AvgIpc) is 3.06. The Labute approximate surface area is 123 Å². The van der Waals surface area contributed by atoms with Gasteiger partial charge in [-0.1, -0.05) is 12.5 Å². The van der Waals surface area contributed by atoms with E-state index in [2.05, 4.69) is 0 Å². The Hall–Kier alpha value is -1.75. The van der Waals surface area contributed by atoms with Crippen LogP contribution in [0.25, 0.3) is 0 Å². The van der Waals surface area contributed by atoms with Crippen molar-refractivity contribution < 1.29 is 20.1 Å². The molecule has 1 heterocycles. The van der Waals surface area contributed by atoms with E-state index in [0.717, 1.165) is 32.1 Å². The van der Waals surface area contributed by atoms with Crippen LogP contribution < -0.4 is 0 Å². The summed E-state index contributed by atoms with van der Waals surface area (Å²) in [6.07, 6.45) is 4.15. The van der Waals surface area contributed by atoms with E-state index in [1.807, 2.05) is 0 Å². The maximum absolute atomic E-state index is 12.7. The molecule has 3 rings (SSSR count). The summed E-state index contributed by atoms with van der Waals surface area (Å²) in [5, 5.41) is 29.8. The number of likely N-dealkylation sites (tertiary alicyclic amines) is 1. The summed E-state index contributed by atoms with van der Waals surface area (Å²) in [6.45, 7) is 0.612. The van der Waals surface area contributed by atoms with Crippen molar-refractivity contribution in [3.63, 3.8) is 0 Å². The highest BCUT2D eigenvalue weighted by atomic mass is 16.3. The molecule has 5 nitrogen and oxygen atoms in total. The Morgan fingerprint density at radius 1 is 1.10 bits per heavy atom. The summed E-state index contributed by atoms with van der Waals surface area (Å²) in [5.41, 5.74) is -0.0307. The van der Waals surface area contributed by atoms with Gasteiger partial charge in [0.2, 0.25) is 0 Å². The van der Waals surface area contributed by atoms with E-state index >= 15 is 0 Å². The SMILES string of the molecule is O=C(c1c(O)cccc1O)N1CCCC1C1CCCC1O. The highest BCUT2D eigenvalue weighted by Crippen LogP contribution is 2.38. The molecule has 0 bridgehead atoms. The fourth-order valence-electron chi connectivity index (χ4n) is 3.80. The molecule has 5 heteroatoms. The van der Waals surface area contributed by atoms with Gasteiger partial charge in [0.25, 0.3) is 5.91 Å². The van der Waals surface area contributed by atoms with Gasteiger partial charge >= 0.3 is 0 Å². The number of aliphatic hydroxyl groups excluding tert-OH is 1. The van der Waals surface area contributed by atoms with E-state index < -0.39 is 0 Å². The van der Waals surface area contributed by atoms with Gasteiger partial charge in [0, 0.05) is 18.5 Å². The molecule has 3 atom stereocenters. The number of benzene rings is 1. The van der Waals surface area contributed by atoms with Crippen LogP contribution in [-0.2, 0) is 0 Å². The van der Waals surface area contributed by atoms with Crippen LogP contribution >= 0.6 is 0 Å². The van der Waals surface area contributed by atoms with E-state index in [0.29, 0.717) is 6.54 Å². The van der Waals surface area contributed by atoms with Crippen molar-refractivity contribution >= 4 is 5.91 Å². The molecule has 1 aromatic rings. The molecule has 0 radical (unpaired) electrons. The van der Waals surface area contributed by atoms with Crippen molar-refractivity contribution in [1.29, 1.82) is 0 Å². The Bertz CT molecular complexity index is 525. The van der Waals surface area contributed by atoms with Crippen LogP contribution in [0.4, 0.5) is 0 Å². The first-order valence-electron chi connectivity index (χ1n) is 7.59. The molecule has 1 saturated carbocycles. The van der Waals surface area contributed by atoms with E-state index in [1.165, 1.54) is 18.2 Å². The molecule has 1 aliphatic heterocycles. The third kappa shape index (κ3) is 2.46. The first-order chi connectivity index (χ1) is 10.1. The zero-order valence-corrected chi connectivity index (χ0v) is 11.9. The van der Waals surface area contributed by atoms with Gasteiger partial charge in [-0.05, 0) is 37.8 Å². The first kappa shape index (κ1) is 14.2. The standard InChI is InChI=1S/C16H21NO4/c18-12-6-1-4-10(12)11-5-3-9-17(11)16(21)15-13(19)7-2-8-14(15)20/h2,7-8,10-12,18-20H,1,3-6,9H2. The number of nitrogens with zero attached hydrogens (tertiary/aromatic N) is 1. The maximum Gasteiger partial charge on any atom is 0.261 e. The number of aliphatic hydroxyl groups is 1. The fraction of sp³-hybridized carbons (Fsp3) is 0.562. The average molecular weight is 291 g/mol. The Kier molecular flexibility index (Phi) is 3.76. The molecule has 2 aliphatic rings. The number of hydrogen-bond donors (Lipinski definition) is 3. The lowest BCUT2D eigenvalue weighted by Gasteiger charge is -2.31. The molecule has 3 unspecified atom stereocenters. The second kappa shape index (κ2) is 5.56. The molecule has 0 aromatic heterocycles. The van der Waals surface area contributed by atoms with Crippen molar-refractivity contribution in [1.82, 2.24) is 4.90 Å². The van der Waals surface area contributed by atoms with Gasteiger partial charge in [0.05, 0.1) is 6.10 Å². The summed E-state index contributed by atoms with van der Waals surface area (Å²) in [7, 11) is 0. The monoisotopic (exact) mass is 291 g/mol. The van der Waals surface area contributed by atoms with Crippen molar-refractivity contribution in [2.24, 2.45) is 5.92 Å². The van der Waals surface area contributed by atoms with Crippen molar-refractivity contribution in [3.8, 4) is 11.5 Å². The molecular weight excluding hydrogens is 270 g/mol. The van der Waals surface area contributed by atoms with Crippen molar-refractivity contribution in [2.45, 2.75) is 44.2 Å². The van der Waals surface area contributed by atoms with Crippen LogP contribution in [-0.4, -0.2) is 44.8 Å². The van der Waals surface area contributed by atoms with Gasteiger partial charge in [-0.15, -0.1) is 0 Å². The Morgan fingerprint density at radius 2 is 1.81 bits per heavy atom. The number of hydrogen-bond acceptors (Lipinski definition) is 4. The van der Waals surface area contributed by atoms with Crippen LogP contribution in [0.5, 0.6) is 11.5 Å². The lowest BCUT2D eigenvalue weighted by Crippen LogP contribution is -2.42. The second-order valence-electron chi connectivity index (χ2n) is 6.04. The van der Waals surface area contributed by atoms with Crippen molar-refractivity contribution in [3.05, 3.63) is 23.8 Å². The molecular formula is C16H21NO4. The zero-order valence-electron chi connectivity index (χ0n) is 11.9. The lowest BCUT2D eigenvalue weighted by atomic mass is 9.93. The van der Waals surface area contributed by atoms with E-state index in [9.17, 15) is 20.1 Å². The maximum atomic E-state index is 12.7. The third-order valence-corrected chi connectivity index (χ3v) is 4.82. The molecule has 3 N–H and O–H groups in total. The van der Waals surface area contributed by atoms with Gasteiger partial charge in [-0.2, -0.15) is 0 Å². The Balaban J connectivity index is 1.86. The van der Waals surface area contributed by atoms with E-state index in [1.54, 1.807) is 4.90 Å². The third-order valence-electron chi connectivity index (χ3n) is 4.82. The zero-order chi connectivity index (χ0) is 15.0. The van der Waals surface area contributed by atoms with E-state index in [4.69, 9.17) is 0 Å². The summed E-state index contributed by atoms with van der Waals surface area (Å²) in [6, 6.07) is 4.32. The minimum atomic E-state index is -0.346. The minimum absolute atomic E-state index is 0.00834. The predicted molar refractivity (Wildman–Crippen MR) is 77.2 cm³/mol. The predicted octanol–water partition coefficient (Wildman–Crippen LogP) is 1.86. The van der Waals surface area contributed by atoms with Gasteiger partial charge in [-0.25, -0.2) is 0 Å². The van der Waals surface area contributed by atoms with Gasteiger partial charge in [-0.3, -0.25) is 4.79 Å². The Morgan fingerprint density at radius 3 is 2.43 bits per heavy atom. The van der Waals surface area contributed by atoms with Crippen LogP contribution in [0.15, 0.2) is 18.2 Å². The molecule has 1 saturated heterocycles. The van der Waals surface area contributed by atoms with E-state index in [-0.39, 0.29) is 41.0 Å². The number of carbonyl (C=O) groups excluding carboxylic acids is 1. The summed E-state index contributed by atoms with van der Waals surface area (Å²) in [4.78, 5) is 14.4. The summed E-state index contributed by atoms with van der Waals surface area (Å²) in [5.74, 6) is -0.619. The van der Waals surface area contributed by atoms with Gasteiger partial charge in [0.15, 0.2) is 0 Å². The molecule has 1 aliphatic carbocycles. The lowest BCUT2D eigenvalue weighted by molar-refractivity contribution is 0.0523. The molecule has 21 heavy (non-hydrogen) atoms. The molecule has 114 valence electrons. The highest BCUT2D eigenvalue weighted by molar-refractivity contribution is 5.99. The topological polar surface area (TPSA) is 81.0 Å². The smallest absolute Gasteiger partial charge is 0.261 e.